The minimum Gasteiger partial charge on any atom is -0.322 e. The molecule has 0 bridgehead atoms. The van der Waals surface area contributed by atoms with Gasteiger partial charge in [-0.2, -0.15) is 5.10 Å². The summed E-state index contributed by atoms with van der Waals surface area (Å²) in [4.78, 5) is 12.1. The number of halogens is 1. The first-order chi connectivity index (χ1) is 10.2. The van der Waals surface area contributed by atoms with Crippen molar-refractivity contribution in [2.75, 3.05) is 5.32 Å². The first-order valence-corrected chi connectivity index (χ1v) is 6.39. The molecule has 0 saturated heterocycles. The first kappa shape index (κ1) is 13.1. The molecule has 0 aliphatic heterocycles. The number of hydrogen-bond acceptors (Lipinski definition) is 2. The molecular formula is C16H12FN3O. The van der Waals surface area contributed by atoms with Gasteiger partial charge in [-0.1, -0.05) is 0 Å². The first-order valence-electron chi connectivity index (χ1n) is 6.39. The van der Waals surface area contributed by atoms with E-state index in [4.69, 9.17) is 0 Å². The van der Waals surface area contributed by atoms with Crippen LogP contribution in [0.4, 0.5) is 10.1 Å². The highest BCUT2D eigenvalue weighted by molar-refractivity contribution is 6.04. The second-order valence-corrected chi connectivity index (χ2v) is 4.46. The van der Waals surface area contributed by atoms with Crippen LogP contribution in [0.25, 0.3) is 5.69 Å². The van der Waals surface area contributed by atoms with E-state index in [0.717, 1.165) is 5.69 Å². The maximum absolute atomic E-state index is 12.8. The lowest BCUT2D eigenvalue weighted by Gasteiger charge is -2.06. The van der Waals surface area contributed by atoms with E-state index in [-0.39, 0.29) is 11.7 Å². The van der Waals surface area contributed by atoms with Crippen LogP contribution < -0.4 is 5.32 Å². The van der Waals surface area contributed by atoms with Crippen molar-refractivity contribution >= 4 is 11.6 Å². The standard InChI is InChI=1S/C16H12FN3O/c17-13-4-6-14(7-5-13)19-16(21)12-2-8-15(9-3-12)20-11-1-10-18-20/h1-11H,(H,19,21). The fourth-order valence-electron chi connectivity index (χ4n) is 1.92. The van der Waals surface area contributed by atoms with Gasteiger partial charge in [0.05, 0.1) is 5.69 Å². The minimum atomic E-state index is -0.337. The van der Waals surface area contributed by atoms with E-state index >= 15 is 0 Å². The summed E-state index contributed by atoms with van der Waals surface area (Å²) in [6.07, 6.45) is 3.52. The Morgan fingerprint density at radius 2 is 1.76 bits per heavy atom. The van der Waals surface area contributed by atoms with Crippen molar-refractivity contribution in [1.29, 1.82) is 0 Å². The molecule has 1 amide bonds. The quantitative estimate of drug-likeness (QED) is 0.801. The van der Waals surface area contributed by atoms with Gasteiger partial charge in [0.15, 0.2) is 0 Å². The van der Waals surface area contributed by atoms with Gasteiger partial charge in [0.25, 0.3) is 5.91 Å². The molecule has 5 heteroatoms. The third kappa shape index (κ3) is 2.97. The average Bonchev–Trinajstić information content (AvgIpc) is 3.04. The topological polar surface area (TPSA) is 46.9 Å². The second-order valence-electron chi connectivity index (χ2n) is 4.46. The van der Waals surface area contributed by atoms with Crippen molar-refractivity contribution in [2.24, 2.45) is 0 Å². The second kappa shape index (κ2) is 5.58. The SMILES string of the molecule is O=C(Nc1ccc(F)cc1)c1ccc(-n2cccn2)cc1. The highest BCUT2D eigenvalue weighted by Gasteiger charge is 2.06. The van der Waals surface area contributed by atoms with Crippen LogP contribution in [0.1, 0.15) is 10.4 Å². The molecule has 0 radical (unpaired) electrons. The smallest absolute Gasteiger partial charge is 0.255 e. The lowest BCUT2D eigenvalue weighted by molar-refractivity contribution is 0.102. The summed E-state index contributed by atoms with van der Waals surface area (Å²) in [5.74, 6) is -0.579. The van der Waals surface area contributed by atoms with Crippen molar-refractivity contribution in [3.05, 3.63) is 78.4 Å². The van der Waals surface area contributed by atoms with E-state index in [1.165, 1.54) is 24.3 Å². The average molecular weight is 281 g/mol. The van der Waals surface area contributed by atoms with Crippen LogP contribution in [-0.4, -0.2) is 15.7 Å². The third-order valence-corrected chi connectivity index (χ3v) is 3.00. The van der Waals surface area contributed by atoms with Gasteiger partial charge in [-0.3, -0.25) is 4.79 Å². The van der Waals surface area contributed by atoms with Crippen LogP contribution in [0.5, 0.6) is 0 Å². The molecule has 0 saturated carbocycles. The molecule has 0 fully saturated rings. The number of carbonyl (C=O) groups is 1. The van der Waals surface area contributed by atoms with E-state index in [0.29, 0.717) is 11.3 Å². The highest BCUT2D eigenvalue weighted by Crippen LogP contribution is 2.12. The Morgan fingerprint density at radius 1 is 1.05 bits per heavy atom. The number of anilines is 1. The molecule has 0 aliphatic rings. The predicted octanol–water partition coefficient (Wildman–Crippen LogP) is 3.26. The Bertz CT molecular complexity index is 734. The van der Waals surface area contributed by atoms with E-state index < -0.39 is 0 Å². The van der Waals surface area contributed by atoms with E-state index in [9.17, 15) is 9.18 Å². The summed E-state index contributed by atoms with van der Waals surface area (Å²) in [5, 5.41) is 6.83. The van der Waals surface area contributed by atoms with E-state index in [1.807, 2.05) is 24.4 Å². The van der Waals surface area contributed by atoms with Crippen LogP contribution in [0.15, 0.2) is 67.0 Å². The van der Waals surface area contributed by atoms with Gasteiger partial charge in [-0.15, -0.1) is 0 Å². The Morgan fingerprint density at radius 3 is 2.38 bits per heavy atom. The summed E-state index contributed by atoms with van der Waals surface area (Å²) >= 11 is 0. The van der Waals surface area contributed by atoms with Crippen LogP contribution in [0.3, 0.4) is 0 Å². The zero-order valence-corrected chi connectivity index (χ0v) is 11.0. The Hall–Kier alpha value is -2.95. The van der Waals surface area contributed by atoms with Crippen molar-refractivity contribution in [3.63, 3.8) is 0 Å². The van der Waals surface area contributed by atoms with Crippen molar-refractivity contribution < 1.29 is 9.18 Å². The highest BCUT2D eigenvalue weighted by atomic mass is 19.1. The molecule has 0 aliphatic carbocycles. The molecule has 0 unspecified atom stereocenters. The molecule has 104 valence electrons. The summed E-state index contributed by atoms with van der Waals surface area (Å²) in [6, 6.07) is 14.5. The van der Waals surface area contributed by atoms with Crippen molar-refractivity contribution in [2.45, 2.75) is 0 Å². The number of nitrogens with zero attached hydrogens (tertiary/aromatic N) is 2. The number of rotatable bonds is 3. The maximum Gasteiger partial charge on any atom is 0.255 e. The summed E-state index contributed by atoms with van der Waals surface area (Å²) in [7, 11) is 0. The molecule has 1 heterocycles. The fraction of sp³-hybridized carbons (Fsp3) is 0. The molecule has 21 heavy (non-hydrogen) atoms. The van der Waals surface area contributed by atoms with Crippen LogP contribution in [-0.2, 0) is 0 Å². The Kier molecular flexibility index (Phi) is 3.47. The van der Waals surface area contributed by atoms with Gasteiger partial charge in [-0.25, -0.2) is 9.07 Å². The Labute approximate surface area is 120 Å². The van der Waals surface area contributed by atoms with Crippen molar-refractivity contribution in [1.82, 2.24) is 9.78 Å². The van der Waals surface area contributed by atoms with E-state index in [2.05, 4.69) is 10.4 Å². The molecule has 3 aromatic rings. The fourth-order valence-corrected chi connectivity index (χ4v) is 1.92. The van der Waals surface area contributed by atoms with Gasteiger partial charge in [-0.05, 0) is 54.6 Å². The van der Waals surface area contributed by atoms with E-state index in [1.54, 1.807) is 23.0 Å². The molecule has 4 nitrogen and oxygen atoms in total. The number of benzene rings is 2. The number of aromatic nitrogens is 2. The number of carbonyl (C=O) groups excluding carboxylic acids is 1. The molecule has 2 aromatic carbocycles. The van der Waals surface area contributed by atoms with Crippen LogP contribution in [0.2, 0.25) is 0 Å². The summed E-state index contributed by atoms with van der Waals surface area (Å²) in [6.45, 7) is 0. The molecule has 1 N–H and O–H groups in total. The zero-order valence-electron chi connectivity index (χ0n) is 11.0. The van der Waals surface area contributed by atoms with Gasteiger partial charge in [0, 0.05) is 23.6 Å². The van der Waals surface area contributed by atoms with Gasteiger partial charge in [0.1, 0.15) is 5.82 Å². The molecule has 0 atom stereocenters. The normalized spacial score (nSPS) is 10.3. The molecule has 1 aromatic heterocycles. The van der Waals surface area contributed by atoms with Crippen LogP contribution >= 0.6 is 0 Å². The molecule has 0 spiro atoms. The number of amides is 1. The molecular weight excluding hydrogens is 269 g/mol. The monoisotopic (exact) mass is 281 g/mol. The summed E-state index contributed by atoms with van der Waals surface area (Å²) in [5.41, 5.74) is 1.95. The predicted molar refractivity (Wildman–Crippen MR) is 77.9 cm³/mol. The maximum atomic E-state index is 12.8. The van der Waals surface area contributed by atoms with Crippen molar-refractivity contribution in [3.8, 4) is 5.69 Å². The minimum absolute atomic E-state index is 0.242. The van der Waals surface area contributed by atoms with Gasteiger partial charge in [0.2, 0.25) is 0 Å². The lowest BCUT2D eigenvalue weighted by atomic mass is 10.2. The van der Waals surface area contributed by atoms with Gasteiger partial charge < -0.3 is 5.32 Å². The summed E-state index contributed by atoms with van der Waals surface area (Å²) < 4.78 is 14.5. The number of nitrogens with one attached hydrogen (secondary N) is 1. The van der Waals surface area contributed by atoms with Gasteiger partial charge >= 0.3 is 0 Å². The largest absolute Gasteiger partial charge is 0.322 e. The number of hydrogen-bond donors (Lipinski definition) is 1. The zero-order chi connectivity index (χ0) is 14.7. The Balaban J connectivity index is 1.74. The van der Waals surface area contributed by atoms with Crippen LogP contribution in [0, 0.1) is 5.82 Å². The molecule has 3 rings (SSSR count). The third-order valence-electron chi connectivity index (χ3n) is 3.00. The lowest BCUT2D eigenvalue weighted by Crippen LogP contribution is -2.11.